The number of hydrogen-bond donors (Lipinski definition) is 3. The molecule has 1 aromatic rings. The van der Waals surface area contributed by atoms with Crippen LogP contribution in [0.2, 0.25) is 0 Å². The standard InChI is InChI=1S/C6H8N4O3/c1-13-4-2-3(11)8-6(9-4)10-5(7)12/h2H,1H3,(H4,7,8,9,10,11,12). The zero-order valence-electron chi connectivity index (χ0n) is 6.83. The van der Waals surface area contributed by atoms with Crippen molar-refractivity contribution in [1.82, 2.24) is 9.97 Å². The molecule has 0 atom stereocenters. The topological polar surface area (TPSA) is 110 Å². The average Bonchev–Trinajstić information content (AvgIpc) is 2.01. The number of anilines is 1. The van der Waals surface area contributed by atoms with Crippen LogP contribution in [0.1, 0.15) is 0 Å². The fourth-order valence-corrected chi connectivity index (χ4v) is 0.716. The predicted molar refractivity (Wildman–Crippen MR) is 44.6 cm³/mol. The van der Waals surface area contributed by atoms with Crippen molar-refractivity contribution in [3.8, 4) is 5.88 Å². The van der Waals surface area contributed by atoms with Crippen molar-refractivity contribution in [3.63, 3.8) is 0 Å². The number of hydrogen-bond acceptors (Lipinski definition) is 4. The zero-order valence-corrected chi connectivity index (χ0v) is 6.83. The molecule has 0 saturated heterocycles. The molecule has 0 aromatic carbocycles. The van der Waals surface area contributed by atoms with Crippen LogP contribution >= 0.6 is 0 Å². The van der Waals surface area contributed by atoms with Crippen LogP contribution in [0.15, 0.2) is 10.9 Å². The number of aromatic amines is 1. The van der Waals surface area contributed by atoms with E-state index in [2.05, 4.69) is 15.3 Å². The Balaban J connectivity index is 3.01. The summed E-state index contributed by atoms with van der Waals surface area (Å²) in [6, 6.07) is 0.336. The van der Waals surface area contributed by atoms with Crippen LogP contribution in [0.5, 0.6) is 5.88 Å². The molecule has 0 aliphatic rings. The fourth-order valence-electron chi connectivity index (χ4n) is 0.716. The third-order valence-corrected chi connectivity index (χ3v) is 1.17. The highest BCUT2D eigenvalue weighted by Crippen LogP contribution is 2.03. The first-order chi connectivity index (χ1) is 6.11. The third-order valence-electron chi connectivity index (χ3n) is 1.17. The Hall–Kier alpha value is -2.05. The normalized spacial score (nSPS) is 9.31. The van der Waals surface area contributed by atoms with E-state index in [-0.39, 0.29) is 11.8 Å². The lowest BCUT2D eigenvalue weighted by Gasteiger charge is -2.01. The van der Waals surface area contributed by atoms with E-state index in [4.69, 9.17) is 10.5 Å². The van der Waals surface area contributed by atoms with Crippen molar-refractivity contribution in [1.29, 1.82) is 0 Å². The summed E-state index contributed by atoms with van der Waals surface area (Å²) in [5.41, 5.74) is 4.38. The van der Waals surface area contributed by atoms with E-state index in [1.165, 1.54) is 7.11 Å². The summed E-state index contributed by atoms with van der Waals surface area (Å²) in [5.74, 6) is 0.0596. The van der Waals surface area contributed by atoms with Gasteiger partial charge in [-0.3, -0.25) is 15.1 Å². The Morgan fingerprint density at radius 1 is 1.77 bits per heavy atom. The summed E-state index contributed by atoms with van der Waals surface area (Å²) in [7, 11) is 1.36. The maximum absolute atomic E-state index is 10.9. The highest BCUT2D eigenvalue weighted by atomic mass is 16.5. The van der Waals surface area contributed by atoms with E-state index >= 15 is 0 Å². The van der Waals surface area contributed by atoms with Crippen LogP contribution in [0.25, 0.3) is 0 Å². The minimum absolute atomic E-state index is 0.0446. The van der Waals surface area contributed by atoms with E-state index < -0.39 is 11.6 Å². The Morgan fingerprint density at radius 2 is 2.46 bits per heavy atom. The number of nitrogens with two attached hydrogens (primary N) is 1. The number of nitrogens with one attached hydrogen (secondary N) is 2. The molecular formula is C6H8N4O3. The van der Waals surface area contributed by atoms with E-state index in [1.54, 1.807) is 0 Å². The van der Waals surface area contributed by atoms with Crippen molar-refractivity contribution in [2.45, 2.75) is 0 Å². The number of carbonyl (C=O) groups is 1. The van der Waals surface area contributed by atoms with Crippen molar-refractivity contribution in [2.75, 3.05) is 12.4 Å². The second-order valence-electron chi connectivity index (χ2n) is 2.13. The van der Waals surface area contributed by atoms with Crippen molar-refractivity contribution in [2.24, 2.45) is 5.73 Å². The summed E-state index contributed by atoms with van der Waals surface area (Å²) >= 11 is 0. The number of H-pyrrole nitrogens is 1. The number of urea groups is 1. The Labute approximate surface area is 72.9 Å². The minimum atomic E-state index is -0.809. The van der Waals surface area contributed by atoms with E-state index in [0.29, 0.717) is 0 Å². The van der Waals surface area contributed by atoms with Gasteiger partial charge in [0.05, 0.1) is 13.2 Å². The minimum Gasteiger partial charge on any atom is -0.481 e. The predicted octanol–water partition coefficient (Wildman–Crippen LogP) is -0.731. The van der Waals surface area contributed by atoms with E-state index in [9.17, 15) is 9.59 Å². The molecule has 4 N–H and O–H groups in total. The zero-order chi connectivity index (χ0) is 9.84. The van der Waals surface area contributed by atoms with Gasteiger partial charge >= 0.3 is 6.03 Å². The molecule has 0 spiro atoms. The number of nitrogens with zero attached hydrogens (tertiary/aromatic N) is 1. The van der Waals surface area contributed by atoms with E-state index in [1.807, 2.05) is 0 Å². The van der Waals surface area contributed by atoms with Gasteiger partial charge in [-0.15, -0.1) is 0 Å². The van der Waals surface area contributed by atoms with Gasteiger partial charge < -0.3 is 10.5 Å². The molecule has 2 amide bonds. The van der Waals surface area contributed by atoms with Crippen molar-refractivity contribution in [3.05, 3.63) is 16.4 Å². The first-order valence-electron chi connectivity index (χ1n) is 3.33. The van der Waals surface area contributed by atoms with Crippen LogP contribution in [0, 0.1) is 0 Å². The number of amides is 2. The molecule has 0 unspecified atom stereocenters. The highest BCUT2D eigenvalue weighted by Gasteiger charge is 2.01. The smallest absolute Gasteiger partial charge is 0.318 e. The van der Waals surface area contributed by atoms with Crippen LogP contribution in [0.4, 0.5) is 10.7 Å². The van der Waals surface area contributed by atoms with Crippen LogP contribution in [0.3, 0.4) is 0 Å². The Bertz CT molecular complexity index is 372. The van der Waals surface area contributed by atoms with Gasteiger partial charge in [0, 0.05) is 0 Å². The molecular weight excluding hydrogens is 176 g/mol. The molecule has 0 aliphatic carbocycles. The number of methoxy groups -OCH3 is 1. The molecule has 0 aliphatic heterocycles. The molecule has 7 nitrogen and oxygen atoms in total. The van der Waals surface area contributed by atoms with Crippen LogP contribution in [-0.2, 0) is 0 Å². The summed E-state index contributed by atoms with van der Waals surface area (Å²) < 4.78 is 4.69. The molecule has 0 fully saturated rings. The largest absolute Gasteiger partial charge is 0.481 e. The molecule has 7 heteroatoms. The Morgan fingerprint density at radius 3 is 3.00 bits per heavy atom. The summed E-state index contributed by atoms with van der Waals surface area (Å²) in [4.78, 5) is 27.2. The maximum Gasteiger partial charge on any atom is 0.318 e. The van der Waals surface area contributed by atoms with Crippen molar-refractivity contribution >= 4 is 12.0 Å². The summed E-state index contributed by atoms with van der Waals surface area (Å²) in [6.45, 7) is 0. The lowest BCUT2D eigenvalue weighted by atomic mass is 10.6. The number of ether oxygens (including phenoxy) is 1. The van der Waals surface area contributed by atoms with Gasteiger partial charge in [0.1, 0.15) is 0 Å². The van der Waals surface area contributed by atoms with Gasteiger partial charge in [-0.25, -0.2) is 4.79 Å². The molecule has 0 bridgehead atoms. The second kappa shape index (κ2) is 3.57. The van der Waals surface area contributed by atoms with Gasteiger partial charge in [-0.1, -0.05) is 0 Å². The van der Waals surface area contributed by atoms with Gasteiger partial charge in [0.15, 0.2) is 0 Å². The molecule has 1 heterocycles. The lowest BCUT2D eigenvalue weighted by molar-refractivity contribution is 0.259. The quantitative estimate of drug-likeness (QED) is 0.562. The van der Waals surface area contributed by atoms with Gasteiger partial charge in [0.2, 0.25) is 11.8 Å². The van der Waals surface area contributed by atoms with Crippen molar-refractivity contribution < 1.29 is 9.53 Å². The van der Waals surface area contributed by atoms with Gasteiger partial charge in [-0.2, -0.15) is 4.98 Å². The molecule has 13 heavy (non-hydrogen) atoms. The third kappa shape index (κ3) is 2.47. The number of aromatic nitrogens is 2. The lowest BCUT2D eigenvalue weighted by Crippen LogP contribution is -2.23. The number of primary amides is 1. The first kappa shape index (κ1) is 9.04. The summed E-state index contributed by atoms with van der Waals surface area (Å²) in [5, 5.41) is 2.11. The second-order valence-corrected chi connectivity index (χ2v) is 2.13. The summed E-state index contributed by atoms with van der Waals surface area (Å²) in [6.07, 6.45) is 0. The molecule has 1 rings (SSSR count). The van der Waals surface area contributed by atoms with E-state index in [0.717, 1.165) is 6.07 Å². The average molecular weight is 184 g/mol. The maximum atomic E-state index is 10.9. The van der Waals surface area contributed by atoms with Crippen LogP contribution < -0.4 is 21.3 Å². The Kier molecular flexibility index (Phi) is 2.48. The number of rotatable bonds is 2. The highest BCUT2D eigenvalue weighted by molar-refractivity contribution is 5.85. The van der Waals surface area contributed by atoms with Crippen LogP contribution in [-0.4, -0.2) is 23.1 Å². The molecule has 0 radical (unpaired) electrons. The molecule has 70 valence electrons. The molecule has 0 saturated carbocycles. The first-order valence-corrected chi connectivity index (χ1v) is 3.33. The van der Waals surface area contributed by atoms with Gasteiger partial charge in [-0.05, 0) is 0 Å². The van der Waals surface area contributed by atoms with Gasteiger partial charge in [0.25, 0.3) is 5.56 Å². The molecule has 1 aromatic heterocycles. The number of carbonyl (C=O) groups excluding carboxylic acids is 1. The SMILES string of the molecule is COc1cc(=O)[nH]c(NC(N)=O)n1. The monoisotopic (exact) mass is 184 g/mol. The fraction of sp³-hybridized carbons (Fsp3) is 0.167.